The van der Waals surface area contributed by atoms with Crippen LogP contribution in [0.15, 0.2) is 79.4 Å². The van der Waals surface area contributed by atoms with Crippen LogP contribution in [0.2, 0.25) is 0 Å². The number of aryl methyl sites for hydroxylation is 2. The maximum atomic E-state index is 4.96. The van der Waals surface area contributed by atoms with Gasteiger partial charge in [0, 0.05) is 34.1 Å². The van der Waals surface area contributed by atoms with Crippen molar-refractivity contribution in [2.24, 2.45) is 0 Å². The number of hydrogen-bond donors (Lipinski definition) is 0. The molecule has 190 valence electrons. The van der Waals surface area contributed by atoms with Gasteiger partial charge in [-0.3, -0.25) is 4.98 Å². The Bertz CT molecular complexity index is 1570. The van der Waals surface area contributed by atoms with Gasteiger partial charge in [-0.25, -0.2) is 0 Å². The summed E-state index contributed by atoms with van der Waals surface area (Å²) in [6, 6.07) is 15.5. The Kier molecular flexibility index (Phi) is 7.68. The van der Waals surface area contributed by atoms with Gasteiger partial charge in [0.1, 0.15) is 0 Å². The largest absolute Gasteiger partial charge is 0.336 e. The summed E-state index contributed by atoms with van der Waals surface area (Å²) in [5.41, 5.74) is 13.2. The van der Waals surface area contributed by atoms with E-state index in [-0.39, 0.29) is 0 Å². The van der Waals surface area contributed by atoms with E-state index in [1.807, 2.05) is 13.8 Å². The van der Waals surface area contributed by atoms with Gasteiger partial charge in [-0.15, -0.1) is 0 Å². The Morgan fingerprint density at radius 3 is 2.41 bits per heavy atom. The zero-order valence-electron chi connectivity index (χ0n) is 23.6. The van der Waals surface area contributed by atoms with Crippen molar-refractivity contribution in [3.8, 4) is 0 Å². The van der Waals surface area contributed by atoms with E-state index in [1.54, 1.807) is 0 Å². The number of benzene rings is 2. The normalized spacial score (nSPS) is 13.2. The molecule has 0 atom stereocenters. The molecule has 1 aliphatic carbocycles. The number of fused-ring (bicyclic) bond motifs is 2. The van der Waals surface area contributed by atoms with Crippen LogP contribution in [0.25, 0.3) is 33.0 Å². The molecule has 0 amide bonds. The Labute approximate surface area is 222 Å². The Balaban J connectivity index is 0.00000156. The average Bonchev–Trinajstić information content (AvgIpc) is 3.18. The van der Waals surface area contributed by atoms with Crippen molar-refractivity contribution in [3.63, 3.8) is 0 Å². The van der Waals surface area contributed by atoms with Gasteiger partial charge in [0.25, 0.3) is 0 Å². The van der Waals surface area contributed by atoms with E-state index in [1.165, 1.54) is 49.8 Å². The molecule has 4 aromatic rings. The predicted octanol–water partition coefficient (Wildman–Crippen LogP) is 9.94. The van der Waals surface area contributed by atoms with Gasteiger partial charge in [-0.1, -0.05) is 77.3 Å². The fourth-order valence-electron chi connectivity index (χ4n) is 5.22. The highest BCUT2D eigenvalue weighted by Gasteiger charge is 2.24. The van der Waals surface area contributed by atoms with Crippen LogP contribution in [0.5, 0.6) is 0 Å². The zero-order valence-corrected chi connectivity index (χ0v) is 23.6. The number of nitrogens with zero attached hydrogens (tertiary/aromatic N) is 2. The van der Waals surface area contributed by atoms with Crippen LogP contribution in [0.4, 0.5) is 0 Å². The lowest BCUT2D eigenvalue weighted by Crippen LogP contribution is -2.07. The SMILES string of the molecule is C=C1CC=CC=C1c1c(C(=C)C)n(Cc2cc(C(C)C)nc3ccccc23)c2cc(C)c(C)cc12.CC. The third-order valence-corrected chi connectivity index (χ3v) is 7.24. The van der Waals surface area contributed by atoms with Gasteiger partial charge in [0.15, 0.2) is 0 Å². The fourth-order valence-corrected chi connectivity index (χ4v) is 5.22. The van der Waals surface area contributed by atoms with Gasteiger partial charge < -0.3 is 4.57 Å². The van der Waals surface area contributed by atoms with Crippen LogP contribution < -0.4 is 0 Å². The highest BCUT2D eigenvalue weighted by atomic mass is 15.0. The van der Waals surface area contributed by atoms with Crippen molar-refractivity contribution in [3.05, 3.63) is 113 Å². The lowest BCUT2D eigenvalue weighted by Gasteiger charge is -2.18. The maximum absolute atomic E-state index is 4.96. The molecule has 1 aliphatic rings. The summed E-state index contributed by atoms with van der Waals surface area (Å²) >= 11 is 0. The van der Waals surface area contributed by atoms with Gasteiger partial charge in [0.2, 0.25) is 0 Å². The van der Waals surface area contributed by atoms with E-state index in [4.69, 9.17) is 4.98 Å². The number of hydrogen-bond acceptors (Lipinski definition) is 1. The molecule has 0 saturated carbocycles. The molecule has 2 aromatic heterocycles. The van der Waals surface area contributed by atoms with E-state index in [9.17, 15) is 0 Å². The summed E-state index contributed by atoms with van der Waals surface area (Å²) in [6.45, 7) is 24.6. The first-order chi connectivity index (χ1) is 17.8. The molecular formula is C35H40N2. The van der Waals surface area contributed by atoms with Crippen molar-refractivity contribution in [1.29, 1.82) is 0 Å². The van der Waals surface area contributed by atoms with Crippen LogP contribution in [0.3, 0.4) is 0 Å². The van der Waals surface area contributed by atoms with Crippen molar-refractivity contribution in [2.45, 2.75) is 67.3 Å². The van der Waals surface area contributed by atoms with E-state index in [0.29, 0.717) is 5.92 Å². The predicted molar refractivity (Wildman–Crippen MR) is 163 cm³/mol. The maximum Gasteiger partial charge on any atom is 0.0708 e. The van der Waals surface area contributed by atoms with Crippen LogP contribution in [0, 0.1) is 13.8 Å². The molecule has 2 nitrogen and oxygen atoms in total. The quantitative estimate of drug-likeness (QED) is 0.273. The molecule has 0 N–H and O–H groups in total. The summed E-state index contributed by atoms with van der Waals surface area (Å²) in [7, 11) is 0. The van der Waals surface area contributed by atoms with Crippen LogP contribution in [-0.4, -0.2) is 9.55 Å². The van der Waals surface area contributed by atoms with E-state index in [0.717, 1.165) is 35.3 Å². The highest BCUT2D eigenvalue weighted by Crippen LogP contribution is 2.41. The first kappa shape index (κ1) is 26.4. The second kappa shape index (κ2) is 10.8. The van der Waals surface area contributed by atoms with Crippen LogP contribution >= 0.6 is 0 Å². The highest BCUT2D eigenvalue weighted by molar-refractivity contribution is 6.03. The fraction of sp³-hybridized carbons (Fsp3) is 0.286. The molecule has 0 unspecified atom stereocenters. The Morgan fingerprint density at radius 1 is 1.03 bits per heavy atom. The molecule has 2 heteroatoms. The minimum atomic E-state index is 0.364. The number of rotatable bonds is 5. The average molecular weight is 489 g/mol. The molecule has 0 aliphatic heterocycles. The third kappa shape index (κ3) is 4.85. The van der Waals surface area contributed by atoms with Gasteiger partial charge >= 0.3 is 0 Å². The van der Waals surface area contributed by atoms with Gasteiger partial charge in [0.05, 0.1) is 11.2 Å². The van der Waals surface area contributed by atoms with Crippen molar-refractivity contribution < 1.29 is 0 Å². The summed E-state index contributed by atoms with van der Waals surface area (Å²) in [5.74, 6) is 0.364. The Hall–Kier alpha value is -3.65. The molecule has 0 fully saturated rings. The molecule has 2 aromatic carbocycles. The molecule has 37 heavy (non-hydrogen) atoms. The minimum Gasteiger partial charge on any atom is -0.336 e. The first-order valence-electron chi connectivity index (χ1n) is 13.5. The number of para-hydroxylation sites is 1. The lowest BCUT2D eigenvalue weighted by molar-refractivity contribution is 0.800. The number of allylic oxidation sites excluding steroid dienone is 6. The number of pyridine rings is 1. The topological polar surface area (TPSA) is 17.8 Å². The van der Waals surface area contributed by atoms with Gasteiger partial charge in [-0.05, 0) is 90.8 Å². The van der Waals surface area contributed by atoms with Crippen molar-refractivity contribution in [1.82, 2.24) is 9.55 Å². The molecule has 0 radical (unpaired) electrons. The summed E-state index contributed by atoms with van der Waals surface area (Å²) < 4.78 is 2.47. The standard InChI is InChI=1S/C33H34N2.C2H6/c1-20(2)30-18-25(27-14-10-11-15-29(27)34-30)19-35-31-17-24(7)23(6)16-28(31)32(33(35)21(3)4)26-13-9-8-12-22(26)5;1-2/h8-11,13-18,20H,3,5,12,19H2,1-2,4,6-7H3;1-2H3. The second-order valence-electron chi connectivity index (χ2n) is 10.2. The van der Waals surface area contributed by atoms with Crippen LogP contribution in [0.1, 0.15) is 80.6 Å². The van der Waals surface area contributed by atoms with E-state index >= 15 is 0 Å². The third-order valence-electron chi connectivity index (χ3n) is 7.24. The molecule has 5 rings (SSSR count). The first-order valence-corrected chi connectivity index (χ1v) is 13.5. The monoisotopic (exact) mass is 488 g/mol. The lowest BCUT2D eigenvalue weighted by atomic mass is 9.89. The Morgan fingerprint density at radius 2 is 1.73 bits per heavy atom. The smallest absolute Gasteiger partial charge is 0.0708 e. The van der Waals surface area contributed by atoms with E-state index in [2.05, 4.69) is 113 Å². The van der Waals surface area contributed by atoms with E-state index < -0.39 is 0 Å². The van der Waals surface area contributed by atoms with Crippen molar-refractivity contribution in [2.75, 3.05) is 0 Å². The second-order valence-corrected chi connectivity index (χ2v) is 10.2. The van der Waals surface area contributed by atoms with Crippen molar-refractivity contribution >= 4 is 33.0 Å². The summed E-state index contributed by atoms with van der Waals surface area (Å²) in [4.78, 5) is 4.96. The molecule has 0 bridgehead atoms. The minimum absolute atomic E-state index is 0.364. The molecular weight excluding hydrogens is 448 g/mol. The molecule has 0 saturated heterocycles. The number of aromatic nitrogens is 2. The zero-order chi connectivity index (χ0) is 26.9. The summed E-state index contributed by atoms with van der Waals surface area (Å²) in [6.07, 6.45) is 7.43. The summed E-state index contributed by atoms with van der Waals surface area (Å²) in [5, 5.41) is 2.48. The molecule has 2 heterocycles. The molecule has 0 spiro atoms. The van der Waals surface area contributed by atoms with Gasteiger partial charge in [-0.2, -0.15) is 0 Å². The van der Waals surface area contributed by atoms with Crippen LogP contribution in [-0.2, 0) is 6.54 Å².